The van der Waals surface area contributed by atoms with Gasteiger partial charge in [-0.05, 0) is 0 Å². The SMILES string of the molecule is CC(=O)c1nc(C(F)(F)F)[nH]c1-c1ccccc1. The fourth-order valence-electron chi connectivity index (χ4n) is 1.58. The van der Waals surface area contributed by atoms with Crippen LogP contribution in [0.3, 0.4) is 0 Å². The van der Waals surface area contributed by atoms with Gasteiger partial charge in [0.25, 0.3) is 0 Å². The van der Waals surface area contributed by atoms with E-state index in [1.807, 2.05) is 0 Å². The van der Waals surface area contributed by atoms with Gasteiger partial charge in [-0.15, -0.1) is 0 Å². The number of ketones is 1. The second kappa shape index (κ2) is 4.29. The van der Waals surface area contributed by atoms with Crippen LogP contribution in [0.2, 0.25) is 0 Å². The Morgan fingerprint density at radius 2 is 1.83 bits per heavy atom. The minimum Gasteiger partial charge on any atom is -0.334 e. The van der Waals surface area contributed by atoms with Crippen molar-refractivity contribution in [2.24, 2.45) is 0 Å². The summed E-state index contributed by atoms with van der Waals surface area (Å²) in [5.74, 6) is -1.67. The summed E-state index contributed by atoms with van der Waals surface area (Å²) in [7, 11) is 0. The number of hydrogen-bond acceptors (Lipinski definition) is 2. The molecule has 0 unspecified atom stereocenters. The number of aromatic amines is 1. The van der Waals surface area contributed by atoms with Crippen LogP contribution in [-0.4, -0.2) is 15.8 Å². The van der Waals surface area contributed by atoms with Gasteiger partial charge in [-0.25, -0.2) is 4.98 Å². The number of aromatic nitrogens is 2. The quantitative estimate of drug-likeness (QED) is 0.836. The first-order chi connectivity index (χ1) is 8.39. The van der Waals surface area contributed by atoms with Crippen molar-refractivity contribution in [1.82, 2.24) is 9.97 Å². The molecule has 0 aliphatic carbocycles. The maximum Gasteiger partial charge on any atom is 0.449 e. The number of rotatable bonds is 2. The lowest BCUT2D eigenvalue weighted by atomic mass is 10.1. The van der Waals surface area contributed by atoms with Crippen molar-refractivity contribution in [1.29, 1.82) is 0 Å². The number of nitrogens with zero attached hydrogens (tertiary/aromatic N) is 1. The van der Waals surface area contributed by atoms with E-state index in [1.54, 1.807) is 30.3 Å². The number of carbonyl (C=O) groups excluding carboxylic acids is 1. The topological polar surface area (TPSA) is 45.8 Å². The number of hydrogen-bond donors (Lipinski definition) is 1. The molecule has 0 bridgehead atoms. The van der Waals surface area contributed by atoms with E-state index in [4.69, 9.17) is 0 Å². The molecular formula is C12H9F3N2O. The van der Waals surface area contributed by atoms with E-state index in [0.29, 0.717) is 5.56 Å². The first-order valence-electron chi connectivity index (χ1n) is 5.13. The zero-order valence-corrected chi connectivity index (χ0v) is 9.38. The molecule has 1 aromatic carbocycles. The molecule has 0 fully saturated rings. The van der Waals surface area contributed by atoms with Crippen molar-refractivity contribution in [2.75, 3.05) is 0 Å². The lowest BCUT2D eigenvalue weighted by Gasteiger charge is -2.00. The van der Waals surface area contributed by atoms with E-state index in [0.717, 1.165) is 0 Å². The summed E-state index contributed by atoms with van der Waals surface area (Å²) in [4.78, 5) is 16.8. The molecular weight excluding hydrogens is 245 g/mol. The minimum atomic E-state index is -4.60. The number of nitrogens with one attached hydrogen (secondary N) is 1. The first-order valence-corrected chi connectivity index (χ1v) is 5.13. The van der Waals surface area contributed by atoms with Crippen LogP contribution in [0, 0.1) is 0 Å². The second-order valence-electron chi connectivity index (χ2n) is 3.73. The molecule has 94 valence electrons. The Morgan fingerprint density at radius 1 is 1.22 bits per heavy atom. The summed E-state index contributed by atoms with van der Waals surface area (Å²) < 4.78 is 37.7. The third-order valence-corrected chi connectivity index (χ3v) is 2.37. The molecule has 2 aromatic rings. The number of H-pyrrole nitrogens is 1. The zero-order chi connectivity index (χ0) is 13.3. The van der Waals surface area contributed by atoms with Gasteiger partial charge in [0.1, 0.15) is 5.69 Å². The summed E-state index contributed by atoms with van der Waals surface area (Å²) in [6.45, 7) is 1.18. The second-order valence-corrected chi connectivity index (χ2v) is 3.73. The average Bonchev–Trinajstić information content (AvgIpc) is 2.74. The maximum absolute atomic E-state index is 12.6. The van der Waals surface area contributed by atoms with Gasteiger partial charge in [0.05, 0.1) is 5.69 Å². The molecule has 18 heavy (non-hydrogen) atoms. The van der Waals surface area contributed by atoms with Crippen LogP contribution >= 0.6 is 0 Å². The van der Waals surface area contributed by atoms with Gasteiger partial charge >= 0.3 is 6.18 Å². The van der Waals surface area contributed by atoms with Crippen molar-refractivity contribution in [3.63, 3.8) is 0 Å². The van der Waals surface area contributed by atoms with E-state index in [1.165, 1.54) is 6.92 Å². The third-order valence-electron chi connectivity index (χ3n) is 2.37. The Labute approximate surface area is 101 Å². The number of Topliss-reactive ketones (excluding diaryl/α,β-unsaturated/α-hetero) is 1. The van der Waals surface area contributed by atoms with E-state index in [-0.39, 0.29) is 11.4 Å². The molecule has 1 N–H and O–H groups in total. The fourth-order valence-corrected chi connectivity index (χ4v) is 1.58. The van der Waals surface area contributed by atoms with E-state index in [9.17, 15) is 18.0 Å². The largest absolute Gasteiger partial charge is 0.449 e. The summed E-state index contributed by atoms with van der Waals surface area (Å²) >= 11 is 0. The van der Waals surface area contributed by atoms with E-state index < -0.39 is 17.8 Å². The van der Waals surface area contributed by atoms with E-state index in [2.05, 4.69) is 9.97 Å². The van der Waals surface area contributed by atoms with Crippen molar-refractivity contribution >= 4 is 5.78 Å². The average molecular weight is 254 g/mol. The standard InChI is InChI=1S/C12H9F3N2O/c1-7(18)9-10(8-5-3-2-4-6-8)17-11(16-9)12(13,14)15/h2-6H,1H3,(H,16,17). The Kier molecular flexibility index (Phi) is 2.94. The highest BCUT2D eigenvalue weighted by atomic mass is 19.4. The van der Waals surface area contributed by atoms with E-state index >= 15 is 0 Å². The molecule has 6 heteroatoms. The van der Waals surface area contributed by atoms with Crippen molar-refractivity contribution in [3.05, 3.63) is 41.9 Å². The predicted octanol–water partition coefficient (Wildman–Crippen LogP) is 3.30. The van der Waals surface area contributed by atoms with Gasteiger partial charge in [-0.2, -0.15) is 13.2 Å². The van der Waals surface area contributed by atoms with Crippen molar-refractivity contribution < 1.29 is 18.0 Å². The molecule has 1 aromatic heterocycles. The molecule has 0 aliphatic rings. The zero-order valence-electron chi connectivity index (χ0n) is 9.38. The minimum absolute atomic E-state index is 0.0930. The lowest BCUT2D eigenvalue weighted by Crippen LogP contribution is -2.07. The number of carbonyl (C=O) groups is 1. The molecule has 3 nitrogen and oxygen atoms in total. The van der Waals surface area contributed by atoms with Crippen molar-refractivity contribution in [2.45, 2.75) is 13.1 Å². The first kappa shape index (κ1) is 12.3. The summed E-state index contributed by atoms with van der Waals surface area (Å²) in [6, 6.07) is 8.30. The monoisotopic (exact) mass is 254 g/mol. The number of halogens is 3. The smallest absolute Gasteiger partial charge is 0.334 e. The van der Waals surface area contributed by atoms with Crippen LogP contribution < -0.4 is 0 Å². The molecule has 2 rings (SSSR count). The van der Waals surface area contributed by atoms with Crippen LogP contribution in [0.4, 0.5) is 13.2 Å². The molecule has 0 saturated carbocycles. The van der Waals surface area contributed by atoms with Crippen LogP contribution in [0.5, 0.6) is 0 Å². The molecule has 0 amide bonds. The van der Waals surface area contributed by atoms with Gasteiger partial charge < -0.3 is 4.98 Å². The van der Waals surface area contributed by atoms with Crippen LogP contribution in [-0.2, 0) is 6.18 Å². The highest BCUT2D eigenvalue weighted by molar-refractivity contribution is 5.98. The number of benzene rings is 1. The summed E-state index contributed by atoms with van der Waals surface area (Å²) in [5.41, 5.74) is 0.384. The third kappa shape index (κ3) is 2.27. The van der Waals surface area contributed by atoms with Crippen molar-refractivity contribution in [3.8, 4) is 11.3 Å². The Bertz CT molecular complexity index is 573. The Hall–Kier alpha value is -2.11. The summed E-state index contributed by atoms with van der Waals surface area (Å²) in [5, 5.41) is 0. The van der Waals surface area contributed by atoms with Crippen LogP contribution in [0.25, 0.3) is 11.3 Å². The van der Waals surface area contributed by atoms with Crippen LogP contribution in [0.15, 0.2) is 30.3 Å². The Balaban J connectivity index is 2.60. The highest BCUT2D eigenvalue weighted by Crippen LogP contribution is 2.31. The normalized spacial score (nSPS) is 11.6. The molecule has 1 heterocycles. The molecule has 0 spiro atoms. The maximum atomic E-state index is 12.6. The molecule has 0 radical (unpaired) electrons. The van der Waals surface area contributed by atoms with Gasteiger partial charge in [-0.1, -0.05) is 30.3 Å². The number of imidazole rings is 1. The highest BCUT2D eigenvalue weighted by Gasteiger charge is 2.36. The predicted molar refractivity (Wildman–Crippen MR) is 59.0 cm³/mol. The molecule has 0 saturated heterocycles. The molecule has 0 aliphatic heterocycles. The van der Waals surface area contributed by atoms with Gasteiger partial charge in [0.15, 0.2) is 5.78 Å². The fraction of sp³-hybridized carbons (Fsp3) is 0.167. The summed E-state index contributed by atoms with van der Waals surface area (Å²) in [6.07, 6.45) is -4.60. The van der Waals surface area contributed by atoms with Crippen LogP contribution in [0.1, 0.15) is 23.2 Å². The van der Waals surface area contributed by atoms with Gasteiger partial charge in [0.2, 0.25) is 5.82 Å². The lowest BCUT2D eigenvalue weighted by molar-refractivity contribution is -0.144. The van der Waals surface area contributed by atoms with Gasteiger partial charge in [0, 0.05) is 12.5 Å². The molecule has 0 atom stereocenters. The van der Waals surface area contributed by atoms with Gasteiger partial charge in [-0.3, -0.25) is 4.79 Å². The Morgan fingerprint density at radius 3 is 2.33 bits per heavy atom. The number of alkyl halides is 3.